The number of aryl methyl sites for hydroxylation is 1. The predicted octanol–water partition coefficient (Wildman–Crippen LogP) is 9.36. The molecule has 1 saturated heterocycles. The second kappa shape index (κ2) is 17.6. The third-order valence-electron chi connectivity index (χ3n) is 14.1. The Hall–Kier alpha value is -7.06. The second-order valence-electron chi connectivity index (χ2n) is 18.1. The van der Waals surface area contributed by atoms with Crippen molar-refractivity contribution in [3.05, 3.63) is 180 Å². The van der Waals surface area contributed by atoms with Crippen LogP contribution >= 0.6 is 0 Å². The van der Waals surface area contributed by atoms with E-state index >= 15 is 4.79 Å². The molecule has 0 saturated carbocycles. The van der Waals surface area contributed by atoms with Gasteiger partial charge < -0.3 is 29.0 Å². The molecule has 0 radical (unpaired) electrons. The Kier molecular flexibility index (Phi) is 11.5. The van der Waals surface area contributed by atoms with E-state index in [9.17, 15) is 9.90 Å². The van der Waals surface area contributed by atoms with Gasteiger partial charge in [-0.25, -0.2) is 0 Å². The highest BCUT2D eigenvalue weighted by atomic mass is 28.3. The molecule has 6 aromatic carbocycles. The van der Waals surface area contributed by atoms with E-state index in [0.29, 0.717) is 52.8 Å². The first kappa shape index (κ1) is 43.8. The molecule has 10 rings (SSSR count). The fourth-order valence-corrected chi connectivity index (χ4v) is 14.8. The molecular formula is C54H53N5O7Si. The standard InChI is InChI=1S/C54H53N5O7Si/c1-35-51(67(4,5)41-25-22-39(63-2)23-26-41)50(28-29-57-33-45(55-56-57)43(34-60)37-15-7-6-8-16-37)66-54(35)44-31-40(64-3)24-27-46(44)58(53(54)62)32-36-14-13-17-38(30-36)59-47-19-10-12-21-49(47)65-48-20-11-9-18-42(48)52(59)61/h6-27,30-31,33,35,43,50-51,60H,28-29,32,34H2,1-5H3/t35-,43?,50+,51-,54+/m0/s1. The van der Waals surface area contributed by atoms with Crippen molar-refractivity contribution in [1.29, 1.82) is 0 Å². The Morgan fingerprint density at radius 1 is 0.791 bits per heavy atom. The number of aliphatic hydroxyl groups is 1. The van der Waals surface area contributed by atoms with Gasteiger partial charge in [0.05, 0.1) is 70.1 Å². The minimum absolute atomic E-state index is 0.0242. The van der Waals surface area contributed by atoms with Gasteiger partial charge in [-0.05, 0) is 89.8 Å². The fraction of sp³-hybridized carbons (Fsp3) is 0.259. The van der Waals surface area contributed by atoms with Crippen LogP contribution in [0.1, 0.15) is 52.0 Å². The molecule has 4 heterocycles. The van der Waals surface area contributed by atoms with Gasteiger partial charge >= 0.3 is 0 Å². The van der Waals surface area contributed by atoms with Gasteiger partial charge in [0.2, 0.25) is 0 Å². The van der Waals surface area contributed by atoms with Gasteiger partial charge in [0.1, 0.15) is 17.2 Å². The summed E-state index contributed by atoms with van der Waals surface area (Å²) in [7, 11) is 0.833. The average Bonchev–Trinajstić information content (AvgIpc) is 3.99. The van der Waals surface area contributed by atoms with Crippen molar-refractivity contribution in [3.63, 3.8) is 0 Å². The van der Waals surface area contributed by atoms with E-state index in [4.69, 9.17) is 18.9 Å². The molecule has 67 heavy (non-hydrogen) atoms. The van der Waals surface area contributed by atoms with Gasteiger partial charge in [-0.15, -0.1) is 5.10 Å². The monoisotopic (exact) mass is 911 g/mol. The van der Waals surface area contributed by atoms with Crippen molar-refractivity contribution in [2.45, 2.75) is 62.7 Å². The summed E-state index contributed by atoms with van der Waals surface area (Å²) in [6.45, 7) is 7.52. The number of carbonyl (C=O) groups is 2. The first-order valence-corrected chi connectivity index (χ1v) is 25.8. The summed E-state index contributed by atoms with van der Waals surface area (Å²) in [6.07, 6.45) is 2.12. The van der Waals surface area contributed by atoms with Crippen LogP contribution in [0, 0.1) is 5.92 Å². The molecule has 7 aromatic rings. The van der Waals surface area contributed by atoms with E-state index in [-0.39, 0.29) is 48.4 Å². The van der Waals surface area contributed by atoms with E-state index in [1.807, 2.05) is 137 Å². The van der Waals surface area contributed by atoms with Gasteiger partial charge in [0.25, 0.3) is 11.8 Å². The normalized spacial score (nSPS) is 20.2. The molecule has 1 N–H and O–H groups in total. The SMILES string of the molecule is COc1ccc([Si](C)(C)[C@@H]2[C@@H](CCn3cc(C(CO)c4ccccc4)nn3)O[C@]3(C(=O)N(Cc4cccc(N5C(=O)c6ccccc6Oc6ccccc65)c4)c4ccc(OC)cc43)[C@H]2C)cc1. The Morgan fingerprint density at radius 2 is 1.51 bits per heavy atom. The zero-order valence-corrected chi connectivity index (χ0v) is 39.2. The second-order valence-corrected chi connectivity index (χ2v) is 22.8. The number of aromatic nitrogens is 3. The number of rotatable bonds is 13. The number of carbonyl (C=O) groups excluding carboxylic acids is 2. The van der Waals surface area contributed by atoms with Gasteiger partial charge in [-0.3, -0.25) is 19.2 Å². The van der Waals surface area contributed by atoms with Gasteiger partial charge in [-0.1, -0.05) is 109 Å². The number of aliphatic hydroxyl groups excluding tert-OH is 1. The van der Waals surface area contributed by atoms with Crippen LogP contribution < -0.4 is 29.2 Å². The zero-order chi connectivity index (χ0) is 46.5. The first-order valence-electron chi connectivity index (χ1n) is 22.7. The maximum atomic E-state index is 15.8. The molecule has 5 atom stereocenters. The lowest BCUT2D eigenvalue weighted by Gasteiger charge is -2.37. The smallest absolute Gasteiger partial charge is 0.266 e. The van der Waals surface area contributed by atoms with Crippen molar-refractivity contribution in [2.75, 3.05) is 30.6 Å². The van der Waals surface area contributed by atoms with Crippen LogP contribution in [0.4, 0.5) is 17.1 Å². The van der Waals surface area contributed by atoms with Crippen LogP contribution in [0.15, 0.2) is 152 Å². The summed E-state index contributed by atoms with van der Waals surface area (Å²) < 4.78 is 27.0. The lowest BCUT2D eigenvalue weighted by molar-refractivity contribution is -0.146. The fourth-order valence-electron chi connectivity index (χ4n) is 10.8. The third-order valence-corrected chi connectivity index (χ3v) is 18.5. The highest BCUT2D eigenvalue weighted by Gasteiger charge is 2.66. The number of hydrogen-bond donors (Lipinski definition) is 1. The third kappa shape index (κ3) is 7.56. The van der Waals surface area contributed by atoms with E-state index in [1.54, 1.807) is 31.3 Å². The molecule has 12 nitrogen and oxygen atoms in total. The number of fused-ring (bicyclic) bond motifs is 4. The molecule has 1 fully saturated rings. The largest absolute Gasteiger partial charge is 0.497 e. The number of benzene rings is 6. The van der Waals surface area contributed by atoms with Crippen LogP contribution in [0.2, 0.25) is 18.6 Å². The number of ether oxygens (including phenoxy) is 4. The number of nitrogens with zero attached hydrogens (tertiary/aromatic N) is 5. The number of hydrogen-bond acceptors (Lipinski definition) is 9. The van der Waals surface area contributed by atoms with E-state index in [2.05, 4.69) is 42.5 Å². The van der Waals surface area contributed by atoms with E-state index in [1.165, 1.54) is 5.19 Å². The number of para-hydroxylation sites is 3. The number of anilines is 3. The van der Waals surface area contributed by atoms with Crippen molar-refractivity contribution in [3.8, 4) is 23.0 Å². The number of amides is 2. The van der Waals surface area contributed by atoms with Gasteiger partial charge in [-0.2, -0.15) is 0 Å². The predicted molar refractivity (Wildman–Crippen MR) is 260 cm³/mol. The summed E-state index contributed by atoms with van der Waals surface area (Å²) in [4.78, 5) is 33.7. The highest BCUT2D eigenvalue weighted by molar-refractivity contribution is 6.91. The van der Waals surface area contributed by atoms with Crippen molar-refractivity contribution in [2.24, 2.45) is 5.92 Å². The maximum Gasteiger partial charge on any atom is 0.266 e. The Bertz CT molecular complexity index is 2960. The first-order chi connectivity index (χ1) is 32.5. The quantitative estimate of drug-likeness (QED) is 0.113. The molecule has 1 spiro atoms. The molecule has 340 valence electrons. The van der Waals surface area contributed by atoms with Crippen LogP contribution in [-0.4, -0.2) is 66.9 Å². The Morgan fingerprint density at radius 3 is 2.27 bits per heavy atom. The molecule has 1 aromatic heterocycles. The highest BCUT2D eigenvalue weighted by Crippen LogP contribution is 2.60. The lowest BCUT2D eigenvalue weighted by Crippen LogP contribution is -2.51. The van der Waals surface area contributed by atoms with Crippen molar-refractivity contribution >= 4 is 42.1 Å². The Balaban J connectivity index is 1.01. The molecule has 13 heteroatoms. The van der Waals surface area contributed by atoms with Gasteiger partial charge in [0, 0.05) is 29.9 Å². The van der Waals surface area contributed by atoms with E-state index < -0.39 is 13.7 Å². The summed E-state index contributed by atoms with van der Waals surface area (Å²) >= 11 is 0. The van der Waals surface area contributed by atoms with Crippen LogP contribution in [0.25, 0.3) is 0 Å². The molecule has 3 aliphatic heterocycles. The van der Waals surface area contributed by atoms with Crippen LogP contribution in [0.5, 0.6) is 23.0 Å². The topological polar surface area (TPSA) is 128 Å². The zero-order valence-electron chi connectivity index (χ0n) is 38.2. The number of methoxy groups -OCH3 is 2. The molecule has 2 amide bonds. The Labute approximate surface area is 391 Å². The molecule has 0 bridgehead atoms. The van der Waals surface area contributed by atoms with Crippen molar-refractivity contribution in [1.82, 2.24) is 15.0 Å². The lowest BCUT2D eigenvalue weighted by atomic mass is 9.82. The summed E-state index contributed by atoms with van der Waals surface area (Å²) in [6, 6.07) is 46.6. The summed E-state index contributed by atoms with van der Waals surface area (Å²) in [5, 5.41) is 20.7. The van der Waals surface area contributed by atoms with E-state index in [0.717, 1.165) is 28.1 Å². The molecular weight excluding hydrogens is 859 g/mol. The summed E-state index contributed by atoms with van der Waals surface area (Å²) in [5.74, 6) is 1.54. The van der Waals surface area contributed by atoms with Crippen molar-refractivity contribution < 1.29 is 33.6 Å². The van der Waals surface area contributed by atoms with Crippen LogP contribution in [0.3, 0.4) is 0 Å². The average molecular weight is 912 g/mol. The molecule has 3 aliphatic rings. The maximum absolute atomic E-state index is 15.8. The minimum atomic E-state index is -2.47. The molecule has 0 aliphatic carbocycles. The van der Waals surface area contributed by atoms with Gasteiger partial charge in [0.15, 0.2) is 11.4 Å². The summed E-state index contributed by atoms with van der Waals surface area (Å²) in [5.41, 5.74) is 4.36. The van der Waals surface area contributed by atoms with Crippen LogP contribution in [-0.2, 0) is 28.2 Å². The molecule has 1 unspecified atom stereocenters. The minimum Gasteiger partial charge on any atom is -0.497 e.